The zero-order chi connectivity index (χ0) is 15.2. The van der Waals surface area contributed by atoms with Crippen molar-refractivity contribution in [1.82, 2.24) is 4.98 Å². The summed E-state index contributed by atoms with van der Waals surface area (Å²) in [7, 11) is 1.83. The molecule has 0 saturated carbocycles. The van der Waals surface area contributed by atoms with Crippen LogP contribution in [0.4, 0.5) is 5.82 Å². The minimum absolute atomic E-state index is 0.0672. The van der Waals surface area contributed by atoms with E-state index in [4.69, 9.17) is 10.8 Å². The Labute approximate surface area is 124 Å². The quantitative estimate of drug-likeness (QED) is 0.850. The SMILES string of the molecule is CN(CCC(=O)O)c1nc(-c2ccccc2)ccc1CN. The number of anilines is 1. The Morgan fingerprint density at radius 1 is 1.24 bits per heavy atom. The standard InChI is InChI=1S/C16H19N3O2/c1-19(10-9-15(20)21)16-13(11-17)7-8-14(18-16)12-5-3-2-4-6-12/h2-8H,9-11,17H2,1H3,(H,20,21). The van der Waals surface area contributed by atoms with Crippen molar-refractivity contribution in [3.63, 3.8) is 0 Å². The number of rotatable bonds is 6. The molecular formula is C16H19N3O2. The third-order valence-electron chi connectivity index (χ3n) is 3.27. The summed E-state index contributed by atoms with van der Waals surface area (Å²) < 4.78 is 0. The Morgan fingerprint density at radius 3 is 2.57 bits per heavy atom. The molecule has 0 bridgehead atoms. The molecule has 2 rings (SSSR count). The number of carbonyl (C=O) groups is 1. The maximum Gasteiger partial charge on any atom is 0.305 e. The van der Waals surface area contributed by atoms with E-state index < -0.39 is 5.97 Å². The van der Waals surface area contributed by atoms with Crippen LogP contribution >= 0.6 is 0 Å². The summed E-state index contributed by atoms with van der Waals surface area (Å²) in [4.78, 5) is 17.2. The summed E-state index contributed by atoms with van der Waals surface area (Å²) in [6.45, 7) is 0.766. The third-order valence-corrected chi connectivity index (χ3v) is 3.27. The zero-order valence-corrected chi connectivity index (χ0v) is 12.0. The lowest BCUT2D eigenvalue weighted by Gasteiger charge is -2.21. The predicted molar refractivity (Wildman–Crippen MR) is 83.1 cm³/mol. The van der Waals surface area contributed by atoms with Crippen LogP contribution in [0.25, 0.3) is 11.3 Å². The minimum atomic E-state index is -0.824. The molecule has 2 aromatic rings. The van der Waals surface area contributed by atoms with Crippen molar-refractivity contribution in [3.8, 4) is 11.3 Å². The molecule has 0 fully saturated rings. The molecule has 0 saturated heterocycles. The number of aliphatic carboxylic acids is 1. The molecule has 0 aliphatic rings. The summed E-state index contributed by atoms with van der Waals surface area (Å²) in [5, 5.41) is 8.80. The van der Waals surface area contributed by atoms with Crippen molar-refractivity contribution in [2.24, 2.45) is 5.73 Å². The first-order chi connectivity index (χ1) is 10.1. The van der Waals surface area contributed by atoms with E-state index in [2.05, 4.69) is 4.98 Å². The fourth-order valence-electron chi connectivity index (χ4n) is 2.11. The molecule has 5 nitrogen and oxygen atoms in total. The first-order valence-corrected chi connectivity index (χ1v) is 6.80. The molecule has 0 spiro atoms. The van der Waals surface area contributed by atoms with E-state index in [0.717, 1.165) is 22.6 Å². The van der Waals surface area contributed by atoms with Crippen LogP contribution < -0.4 is 10.6 Å². The van der Waals surface area contributed by atoms with Crippen LogP contribution in [0.3, 0.4) is 0 Å². The van der Waals surface area contributed by atoms with Crippen LogP contribution in [0.5, 0.6) is 0 Å². The van der Waals surface area contributed by atoms with Crippen molar-refractivity contribution in [2.45, 2.75) is 13.0 Å². The molecule has 0 unspecified atom stereocenters. The van der Waals surface area contributed by atoms with Gasteiger partial charge in [-0.2, -0.15) is 0 Å². The van der Waals surface area contributed by atoms with E-state index in [9.17, 15) is 4.79 Å². The van der Waals surface area contributed by atoms with Gasteiger partial charge in [0.1, 0.15) is 5.82 Å². The largest absolute Gasteiger partial charge is 0.481 e. The minimum Gasteiger partial charge on any atom is -0.481 e. The number of nitrogens with two attached hydrogens (primary N) is 1. The highest BCUT2D eigenvalue weighted by molar-refractivity contribution is 5.68. The van der Waals surface area contributed by atoms with Crippen molar-refractivity contribution < 1.29 is 9.90 Å². The molecule has 21 heavy (non-hydrogen) atoms. The number of aromatic nitrogens is 1. The number of carboxylic acid groups (broad SMARTS) is 1. The van der Waals surface area contributed by atoms with E-state index in [1.165, 1.54) is 0 Å². The van der Waals surface area contributed by atoms with Gasteiger partial charge in [-0.1, -0.05) is 36.4 Å². The van der Waals surface area contributed by atoms with Crippen molar-refractivity contribution in [3.05, 3.63) is 48.0 Å². The normalized spacial score (nSPS) is 10.4. The third kappa shape index (κ3) is 3.79. The van der Waals surface area contributed by atoms with Gasteiger partial charge in [-0.05, 0) is 6.07 Å². The molecule has 1 heterocycles. The highest BCUT2D eigenvalue weighted by Crippen LogP contribution is 2.23. The predicted octanol–water partition coefficient (Wildman–Crippen LogP) is 2.12. The van der Waals surface area contributed by atoms with Crippen LogP contribution in [0.1, 0.15) is 12.0 Å². The second-order valence-corrected chi connectivity index (χ2v) is 4.81. The van der Waals surface area contributed by atoms with Gasteiger partial charge in [0.25, 0.3) is 0 Å². The average molecular weight is 285 g/mol. The summed E-state index contributed by atoms with van der Waals surface area (Å²) in [5.74, 6) is -0.0875. The second-order valence-electron chi connectivity index (χ2n) is 4.81. The number of nitrogens with zero attached hydrogens (tertiary/aromatic N) is 2. The molecule has 1 aromatic heterocycles. The van der Waals surface area contributed by atoms with E-state index in [0.29, 0.717) is 13.1 Å². The van der Waals surface area contributed by atoms with E-state index >= 15 is 0 Å². The highest BCUT2D eigenvalue weighted by Gasteiger charge is 2.11. The van der Waals surface area contributed by atoms with Gasteiger partial charge in [0, 0.05) is 31.3 Å². The topological polar surface area (TPSA) is 79.5 Å². The van der Waals surface area contributed by atoms with E-state index in [1.807, 2.05) is 54.4 Å². The zero-order valence-electron chi connectivity index (χ0n) is 12.0. The molecule has 0 aliphatic heterocycles. The Kier molecular flexibility index (Phi) is 4.90. The Balaban J connectivity index is 2.32. The summed E-state index contributed by atoms with van der Waals surface area (Å²) in [6, 6.07) is 13.7. The first-order valence-electron chi connectivity index (χ1n) is 6.80. The van der Waals surface area contributed by atoms with Crippen molar-refractivity contribution >= 4 is 11.8 Å². The van der Waals surface area contributed by atoms with Gasteiger partial charge in [0.2, 0.25) is 0 Å². The molecule has 0 radical (unpaired) electrons. The molecule has 0 aliphatic carbocycles. The lowest BCUT2D eigenvalue weighted by molar-refractivity contribution is -0.136. The molecule has 0 amide bonds. The van der Waals surface area contributed by atoms with Gasteiger partial charge in [-0.3, -0.25) is 4.79 Å². The summed E-state index contributed by atoms with van der Waals surface area (Å²) in [6.07, 6.45) is 0.0672. The van der Waals surface area contributed by atoms with Gasteiger partial charge in [0.15, 0.2) is 0 Å². The molecule has 110 valence electrons. The molecular weight excluding hydrogens is 266 g/mol. The van der Waals surface area contributed by atoms with Crippen LogP contribution in [-0.2, 0) is 11.3 Å². The molecule has 5 heteroatoms. The maximum atomic E-state index is 10.7. The highest BCUT2D eigenvalue weighted by atomic mass is 16.4. The number of carboxylic acids is 1. The number of hydrogen-bond acceptors (Lipinski definition) is 4. The number of pyridine rings is 1. The van der Waals surface area contributed by atoms with Gasteiger partial charge in [-0.25, -0.2) is 4.98 Å². The van der Waals surface area contributed by atoms with Gasteiger partial charge < -0.3 is 15.7 Å². The fourth-order valence-corrected chi connectivity index (χ4v) is 2.11. The lowest BCUT2D eigenvalue weighted by atomic mass is 10.1. The monoisotopic (exact) mass is 285 g/mol. The van der Waals surface area contributed by atoms with Gasteiger partial charge >= 0.3 is 5.97 Å². The summed E-state index contributed by atoms with van der Waals surface area (Å²) >= 11 is 0. The Hall–Kier alpha value is -2.40. The van der Waals surface area contributed by atoms with E-state index in [1.54, 1.807) is 0 Å². The van der Waals surface area contributed by atoms with Crippen molar-refractivity contribution in [2.75, 3.05) is 18.5 Å². The lowest BCUT2D eigenvalue weighted by Crippen LogP contribution is -2.24. The van der Waals surface area contributed by atoms with Gasteiger partial charge in [-0.15, -0.1) is 0 Å². The van der Waals surface area contributed by atoms with Crippen LogP contribution in [-0.4, -0.2) is 29.7 Å². The smallest absolute Gasteiger partial charge is 0.305 e. The van der Waals surface area contributed by atoms with Gasteiger partial charge in [0.05, 0.1) is 12.1 Å². The maximum absolute atomic E-state index is 10.7. The first kappa shape index (κ1) is 15.0. The summed E-state index contributed by atoms with van der Waals surface area (Å²) in [5.41, 5.74) is 8.53. The van der Waals surface area contributed by atoms with Crippen LogP contribution in [0, 0.1) is 0 Å². The Morgan fingerprint density at radius 2 is 1.95 bits per heavy atom. The van der Waals surface area contributed by atoms with E-state index in [-0.39, 0.29) is 6.42 Å². The molecule has 3 N–H and O–H groups in total. The number of hydrogen-bond donors (Lipinski definition) is 2. The fraction of sp³-hybridized carbons (Fsp3) is 0.250. The van der Waals surface area contributed by atoms with Crippen molar-refractivity contribution in [1.29, 1.82) is 0 Å². The Bertz CT molecular complexity index is 614. The second kappa shape index (κ2) is 6.85. The van der Waals surface area contributed by atoms with Crippen LogP contribution in [0.2, 0.25) is 0 Å². The number of benzene rings is 1. The van der Waals surface area contributed by atoms with Crippen LogP contribution in [0.15, 0.2) is 42.5 Å². The molecule has 0 atom stereocenters. The average Bonchev–Trinajstić information content (AvgIpc) is 2.52. The molecule has 1 aromatic carbocycles.